The lowest BCUT2D eigenvalue weighted by Gasteiger charge is -2.31. The number of hydrogen-bond donors (Lipinski definition) is 1. The van der Waals surface area contributed by atoms with Crippen molar-refractivity contribution in [1.29, 1.82) is 0 Å². The van der Waals surface area contributed by atoms with Gasteiger partial charge in [-0.2, -0.15) is 9.47 Å². The third-order valence-corrected chi connectivity index (χ3v) is 6.83. The maximum atomic E-state index is 12.5. The Labute approximate surface area is 187 Å². The van der Waals surface area contributed by atoms with E-state index in [1.807, 2.05) is 29.6 Å². The van der Waals surface area contributed by atoms with E-state index in [0.29, 0.717) is 5.92 Å². The van der Waals surface area contributed by atoms with Crippen molar-refractivity contribution in [3.05, 3.63) is 53.4 Å². The summed E-state index contributed by atoms with van der Waals surface area (Å²) in [5.41, 5.74) is 2.01. The molecule has 31 heavy (non-hydrogen) atoms. The summed E-state index contributed by atoms with van der Waals surface area (Å²) >= 11 is 2.94. The van der Waals surface area contributed by atoms with Crippen molar-refractivity contribution in [2.24, 2.45) is 7.05 Å². The number of aromatic nitrogens is 5. The van der Waals surface area contributed by atoms with Gasteiger partial charge in [-0.3, -0.25) is 9.48 Å². The Morgan fingerprint density at radius 2 is 2.16 bits per heavy atom. The molecule has 5 heterocycles. The minimum Gasteiger partial charge on any atom is -0.339 e. The van der Waals surface area contributed by atoms with Crippen molar-refractivity contribution in [3.63, 3.8) is 0 Å². The van der Waals surface area contributed by atoms with E-state index in [2.05, 4.69) is 31.9 Å². The molecule has 1 N–H and O–H groups in total. The molecular formula is C21H21N7OS2. The highest BCUT2D eigenvalue weighted by Crippen LogP contribution is 2.32. The first-order valence-corrected chi connectivity index (χ1v) is 11.7. The van der Waals surface area contributed by atoms with Gasteiger partial charge in [0.15, 0.2) is 10.9 Å². The topological polar surface area (TPSA) is 88.8 Å². The number of amides is 1. The monoisotopic (exact) mass is 451 g/mol. The molecule has 0 bridgehead atoms. The van der Waals surface area contributed by atoms with Crippen LogP contribution in [0.2, 0.25) is 0 Å². The average Bonchev–Trinajstić information content (AvgIpc) is 3.54. The fourth-order valence-corrected chi connectivity index (χ4v) is 5.00. The molecule has 158 valence electrons. The van der Waals surface area contributed by atoms with E-state index < -0.39 is 0 Å². The number of pyridine rings is 1. The van der Waals surface area contributed by atoms with Crippen molar-refractivity contribution >= 4 is 56.0 Å². The molecule has 1 aliphatic rings. The zero-order chi connectivity index (χ0) is 21.2. The average molecular weight is 452 g/mol. The molecule has 1 saturated heterocycles. The van der Waals surface area contributed by atoms with Crippen molar-refractivity contribution in [2.45, 2.75) is 18.8 Å². The molecule has 10 heteroatoms. The molecular weight excluding hydrogens is 430 g/mol. The van der Waals surface area contributed by atoms with Crippen LogP contribution in [0, 0.1) is 0 Å². The largest absolute Gasteiger partial charge is 0.339 e. The van der Waals surface area contributed by atoms with Gasteiger partial charge in [0.25, 0.3) is 0 Å². The Morgan fingerprint density at radius 1 is 1.29 bits per heavy atom. The molecule has 5 rings (SSSR count). The van der Waals surface area contributed by atoms with Crippen molar-refractivity contribution < 1.29 is 4.79 Å². The number of carbonyl (C=O) groups excluding carboxylic acids is 1. The Morgan fingerprint density at radius 3 is 2.90 bits per heavy atom. The van der Waals surface area contributed by atoms with E-state index >= 15 is 0 Å². The maximum Gasteiger partial charge on any atom is 0.246 e. The Kier molecular flexibility index (Phi) is 5.47. The quantitative estimate of drug-likeness (QED) is 0.461. The molecule has 0 radical (unpaired) electrons. The maximum absolute atomic E-state index is 12.5. The van der Waals surface area contributed by atoms with Gasteiger partial charge in [-0.1, -0.05) is 0 Å². The summed E-state index contributed by atoms with van der Waals surface area (Å²) in [6.07, 6.45) is 10.7. The molecule has 8 nitrogen and oxygen atoms in total. The fraction of sp³-hybridized carbons (Fsp3) is 0.286. The standard InChI is InChI=1S/C21H21N7OS2/c1-27-13-14(12-23-27)2-5-18(29)28-9-6-15(7-10-28)17-4-3-16-19(26-31-20(16)24-17)25-21-22-8-11-30-21/h2-5,8,11-13,15H,6-7,9-10H2,1H3,(H,22,25,26)/b5-2+. The number of likely N-dealkylation sites (tertiary alicyclic amines) is 1. The summed E-state index contributed by atoms with van der Waals surface area (Å²) in [5.74, 6) is 1.20. The lowest BCUT2D eigenvalue weighted by atomic mass is 9.93. The van der Waals surface area contributed by atoms with Gasteiger partial charge in [0.05, 0.1) is 11.6 Å². The first-order chi connectivity index (χ1) is 15.2. The van der Waals surface area contributed by atoms with Crippen LogP contribution in [0.1, 0.15) is 30.0 Å². The molecule has 0 saturated carbocycles. The fourth-order valence-electron chi connectivity index (χ4n) is 3.74. The SMILES string of the molecule is Cn1cc(/C=C/C(=O)N2CCC(c3ccc4c(Nc5nccs5)nsc4n3)CC2)cn1. The van der Waals surface area contributed by atoms with Gasteiger partial charge in [-0.05, 0) is 42.6 Å². The second-order valence-corrected chi connectivity index (χ2v) is 9.11. The van der Waals surface area contributed by atoms with Crippen LogP contribution < -0.4 is 5.32 Å². The molecule has 0 atom stereocenters. The van der Waals surface area contributed by atoms with Crippen LogP contribution in [0.4, 0.5) is 10.9 Å². The van der Waals surface area contributed by atoms with E-state index in [0.717, 1.165) is 58.4 Å². The summed E-state index contributed by atoms with van der Waals surface area (Å²) in [6.45, 7) is 1.47. The molecule has 0 spiro atoms. The number of nitrogens with one attached hydrogen (secondary N) is 1. The summed E-state index contributed by atoms with van der Waals surface area (Å²) < 4.78 is 6.23. The number of carbonyl (C=O) groups is 1. The number of aryl methyl sites for hydroxylation is 1. The highest BCUT2D eigenvalue weighted by atomic mass is 32.1. The number of rotatable bonds is 5. The van der Waals surface area contributed by atoms with E-state index in [1.54, 1.807) is 34.5 Å². The Balaban J connectivity index is 1.22. The van der Waals surface area contributed by atoms with Crippen LogP contribution in [0.3, 0.4) is 0 Å². The van der Waals surface area contributed by atoms with Gasteiger partial charge in [0.2, 0.25) is 5.91 Å². The second kappa shape index (κ2) is 8.56. The number of thiazole rings is 1. The number of piperidine rings is 1. The molecule has 4 aromatic heterocycles. The Bertz CT molecular complexity index is 1220. The minimum atomic E-state index is 0.0473. The first-order valence-electron chi connectivity index (χ1n) is 10.0. The normalized spacial score (nSPS) is 15.2. The Hall–Kier alpha value is -3.11. The zero-order valence-electron chi connectivity index (χ0n) is 16.9. The number of hydrogen-bond acceptors (Lipinski definition) is 8. The lowest BCUT2D eigenvalue weighted by molar-refractivity contribution is -0.126. The summed E-state index contributed by atoms with van der Waals surface area (Å²) in [5, 5.41) is 11.1. The molecule has 1 amide bonds. The summed E-state index contributed by atoms with van der Waals surface area (Å²) in [4.78, 5) is 24.5. The van der Waals surface area contributed by atoms with Gasteiger partial charge in [-0.25, -0.2) is 9.97 Å². The smallest absolute Gasteiger partial charge is 0.246 e. The van der Waals surface area contributed by atoms with E-state index in [1.165, 1.54) is 11.5 Å². The van der Waals surface area contributed by atoms with Crippen LogP contribution in [-0.2, 0) is 11.8 Å². The first kappa shape index (κ1) is 19.8. The van der Waals surface area contributed by atoms with E-state index in [-0.39, 0.29) is 5.91 Å². The zero-order valence-corrected chi connectivity index (χ0v) is 18.6. The predicted octanol–water partition coefficient (Wildman–Crippen LogP) is 4.04. The third-order valence-electron chi connectivity index (χ3n) is 5.39. The van der Waals surface area contributed by atoms with Crippen molar-refractivity contribution in [3.8, 4) is 0 Å². The van der Waals surface area contributed by atoms with Crippen LogP contribution in [0.15, 0.2) is 42.2 Å². The van der Waals surface area contributed by atoms with Gasteiger partial charge < -0.3 is 10.2 Å². The van der Waals surface area contributed by atoms with Crippen LogP contribution >= 0.6 is 22.9 Å². The van der Waals surface area contributed by atoms with Gasteiger partial charge in [0.1, 0.15) is 4.83 Å². The van der Waals surface area contributed by atoms with Gasteiger partial charge in [-0.15, -0.1) is 11.3 Å². The van der Waals surface area contributed by atoms with Gasteiger partial charge >= 0.3 is 0 Å². The molecule has 1 fully saturated rings. The highest BCUT2D eigenvalue weighted by Gasteiger charge is 2.24. The van der Waals surface area contributed by atoms with Gasteiger partial charge in [0, 0.05) is 61.2 Å². The van der Waals surface area contributed by atoms with Crippen LogP contribution in [0.5, 0.6) is 0 Å². The third kappa shape index (κ3) is 4.35. The van der Waals surface area contributed by atoms with Crippen molar-refractivity contribution in [1.82, 2.24) is 29.0 Å². The number of nitrogens with zero attached hydrogens (tertiary/aromatic N) is 6. The predicted molar refractivity (Wildman–Crippen MR) is 124 cm³/mol. The lowest BCUT2D eigenvalue weighted by Crippen LogP contribution is -2.37. The number of anilines is 2. The van der Waals surface area contributed by atoms with Crippen molar-refractivity contribution in [2.75, 3.05) is 18.4 Å². The van der Waals surface area contributed by atoms with Crippen LogP contribution in [0.25, 0.3) is 16.3 Å². The second-order valence-electron chi connectivity index (χ2n) is 7.46. The molecule has 0 unspecified atom stereocenters. The summed E-state index contributed by atoms with van der Waals surface area (Å²) in [6, 6.07) is 4.18. The highest BCUT2D eigenvalue weighted by molar-refractivity contribution is 7.14. The molecule has 0 aliphatic carbocycles. The molecule has 4 aromatic rings. The minimum absolute atomic E-state index is 0.0473. The molecule has 1 aliphatic heterocycles. The van der Waals surface area contributed by atoms with E-state index in [4.69, 9.17) is 4.98 Å². The summed E-state index contributed by atoms with van der Waals surface area (Å²) in [7, 11) is 1.86. The van der Waals surface area contributed by atoms with E-state index in [9.17, 15) is 4.79 Å². The van der Waals surface area contributed by atoms with Crippen LogP contribution in [-0.4, -0.2) is 48.0 Å². The number of fused-ring (bicyclic) bond motifs is 1. The molecule has 0 aromatic carbocycles.